The number of aliphatic hydroxyl groups excluding tert-OH is 2. The summed E-state index contributed by atoms with van der Waals surface area (Å²) in [5.41, 5.74) is 8.26. The van der Waals surface area contributed by atoms with E-state index in [0.29, 0.717) is 41.0 Å². The number of fused-ring (bicyclic) bond motifs is 1. The molecule has 2 aliphatic carbocycles. The predicted octanol–water partition coefficient (Wildman–Crippen LogP) is 1.93. The minimum atomic E-state index is -0.961. The molecule has 0 saturated heterocycles. The molecule has 0 bridgehead atoms. The molecule has 2 aliphatic rings. The van der Waals surface area contributed by atoms with Crippen molar-refractivity contribution < 1.29 is 10.2 Å². The molecule has 2 unspecified atom stereocenters. The van der Waals surface area contributed by atoms with Crippen LogP contribution in [-0.4, -0.2) is 65.7 Å². The van der Waals surface area contributed by atoms with Crippen molar-refractivity contribution in [2.75, 3.05) is 17.6 Å². The van der Waals surface area contributed by atoms with Crippen molar-refractivity contribution in [2.24, 2.45) is 11.7 Å². The van der Waals surface area contributed by atoms with E-state index < -0.39 is 18.2 Å². The summed E-state index contributed by atoms with van der Waals surface area (Å²) >= 11 is 1.59. The first-order valence-electron chi connectivity index (χ1n) is 11.2. The van der Waals surface area contributed by atoms with E-state index in [0.717, 1.165) is 18.6 Å². The molecular formula is C22H29N7O2S. The van der Waals surface area contributed by atoms with Crippen LogP contribution in [0.25, 0.3) is 11.2 Å². The SMILES string of the molecule is CCCSc1nc(NC2CC2c2ccccc2)c2nnn([C@H]3C[C@@H](CN)[C@H](O)[C@@H]3O)c2n1. The number of rotatable bonds is 8. The minimum absolute atomic E-state index is 0.180. The second kappa shape index (κ2) is 8.93. The molecule has 2 aromatic heterocycles. The summed E-state index contributed by atoms with van der Waals surface area (Å²) in [5, 5.41) is 33.9. The first-order valence-corrected chi connectivity index (χ1v) is 12.2. The van der Waals surface area contributed by atoms with E-state index in [2.05, 4.69) is 46.8 Å². The number of aliphatic hydroxyl groups is 2. The summed E-state index contributed by atoms with van der Waals surface area (Å²) in [6, 6.07) is 10.3. The molecule has 0 amide bonds. The Morgan fingerprint density at radius 2 is 1.97 bits per heavy atom. The lowest BCUT2D eigenvalue weighted by Crippen LogP contribution is -2.32. The largest absolute Gasteiger partial charge is 0.390 e. The Morgan fingerprint density at radius 1 is 1.16 bits per heavy atom. The lowest BCUT2D eigenvalue weighted by Gasteiger charge is -2.17. The van der Waals surface area contributed by atoms with E-state index in [1.165, 1.54) is 5.56 Å². The summed E-state index contributed by atoms with van der Waals surface area (Å²) in [7, 11) is 0. The second-order valence-electron chi connectivity index (χ2n) is 8.69. The summed E-state index contributed by atoms with van der Waals surface area (Å²) in [6.45, 7) is 2.43. The van der Waals surface area contributed by atoms with Crippen LogP contribution in [0.4, 0.5) is 5.82 Å². The third kappa shape index (κ3) is 3.96. The Morgan fingerprint density at radius 3 is 2.69 bits per heavy atom. The second-order valence-corrected chi connectivity index (χ2v) is 9.76. The van der Waals surface area contributed by atoms with Crippen molar-refractivity contribution in [3.05, 3.63) is 35.9 Å². The van der Waals surface area contributed by atoms with Gasteiger partial charge in [0.1, 0.15) is 6.10 Å². The van der Waals surface area contributed by atoms with Gasteiger partial charge in [-0.3, -0.25) is 0 Å². The van der Waals surface area contributed by atoms with Crippen LogP contribution < -0.4 is 11.1 Å². The molecule has 10 heteroatoms. The van der Waals surface area contributed by atoms with Crippen molar-refractivity contribution in [1.29, 1.82) is 0 Å². The van der Waals surface area contributed by atoms with Gasteiger partial charge in [-0.25, -0.2) is 14.6 Å². The normalized spacial score (nSPS) is 29.5. The number of anilines is 1. The molecule has 0 spiro atoms. The maximum absolute atomic E-state index is 10.6. The third-order valence-corrected chi connectivity index (χ3v) is 7.52. The van der Waals surface area contributed by atoms with Crippen LogP contribution in [-0.2, 0) is 0 Å². The van der Waals surface area contributed by atoms with Gasteiger partial charge in [0.15, 0.2) is 22.1 Å². The fourth-order valence-corrected chi connectivity index (χ4v) is 5.26. The third-order valence-electron chi connectivity index (χ3n) is 6.47. The zero-order chi connectivity index (χ0) is 22.2. The molecule has 3 aromatic rings. The van der Waals surface area contributed by atoms with Crippen LogP contribution in [0, 0.1) is 5.92 Å². The maximum Gasteiger partial charge on any atom is 0.191 e. The fourth-order valence-electron chi connectivity index (χ4n) is 4.57. The Kier molecular flexibility index (Phi) is 6.02. The average molecular weight is 456 g/mol. The van der Waals surface area contributed by atoms with E-state index in [4.69, 9.17) is 15.7 Å². The van der Waals surface area contributed by atoms with Crippen LogP contribution in [0.5, 0.6) is 0 Å². The van der Waals surface area contributed by atoms with Crippen molar-refractivity contribution in [1.82, 2.24) is 25.0 Å². The summed E-state index contributed by atoms with van der Waals surface area (Å²) < 4.78 is 1.64. The van der Waals surface area contributed by atoms with Crippen molar-refractivity contribution >= 4 is 28.7 Å². The van der Waals surface area contributed by atoms with Gasteiger partial charge in [-0.1, -0.05) is 54.2 Å². The molecule has 0 aliphatic heterocycles. The lowest BCUT2D eigenvalue weighted by molar-refractivity contribution is 0.00624. The predicted molar refractivity (Wildman–Crippen MR) is 124 cm³/mol. The Bertz CT molecular complexity index is 1080. The smallest absolute Gasteiger partial charge is 0.191 e. The van der Waals surface area contributed by atoms with Gasteiger partial charge in [0, 0.05) is 23.6 Å². The molecule has 5 N–H and O–H groups in total. The monoisotopic (exact) mass is 455 g/mol. The van der Waals surface area contributed by atoms with Crippen LogP contribution in [0.2, 0.25) is 0 Å². The molecule has 1 aromatic carbocycles. The number of aromatic nitrogens is 5. The molecule has 0 radical (unpaired) electrons. The number of hydrogen-bond donors (Lipinski definition) is 4. The van der Waals surface area contributed by atoms with Crippen molar-refractivity contribution in [3.8, 4) is 0 Å². The van der Waals surface area contributed by atoms with Crippen LogP contribution in [0.15, 0.2) is 35.5 Å². The van der Waals surface area contributed by atoms with Gasteiger partial charge >= 0.3 is 0 Å². The van der Waals surface area contributed by atoms with Crippen LogP contribution in [0.1, 0.15) is 43.7 Å². The standard InChI is InChI=1S/C22H29N7O2S/c1-2-8-32-22-25-20(24-15-10-14(15)12-6-4-3-5-7-12)17-21(26-22)29(28-27-17)16-9-13(11-23)18(30)19(16)31/h3-7,13-16,18-19,30-31H,2,8-11,23H2,1H3,(H,24,25,26)/t13-,14?,15?,16-,18-,19+/m0/s1. The lowest BCUT2D eigenvalue weighted by atomic mass is 10.1. The number of nitrogens with two attached hydrogens (primary N) is 1. The topological polar surface area (TPSA) is 135 Å². The average Bonchev–Trinajstić information content (AvgIpc) is 3.36. The molecule has 2 heterocycles. The van der Waals surface area contributed by atoms with Gasteiger partial charge < -0.3 is 21.3 Å². The highest BCUT2D eigenvalue weighted by Crippen LogP contribution is 2.43. The Hall–Kier alpha value is -2.27. The quantitative estimate of drug-likeness (QED) is 0.297. The zero-order valence-corrected chi connectivity index (χ0v) is 18.8. The molecular weight excluding hydrogens is 426 g/mol. The fraction of sp³-hybridized carbons (Fsp3) is 0.545. The van der Waals surface area contributed by atoms with Gasteiger partial charge in [-0.2, -0.15) is 0 Å². The van der Waals surface area contributed by atoms with Crippen LogP contribution >= 0.6 is 11.8 Å². The minimum Gasteiger partial charge on any atom is -0.390 e. The van der Waals surface area contributed by atoms with E-state index in [1.807, 2.05) is 6.07 Å². The maximum atomic E-state index is 10.6. The number of benzene rings is 1. The Balaban J connectivity index is 1.46. The zero-order valence-electron chi connectivity index (χ0n) is 18.0. The van der Waals surface area contributed by atoms with Crippen LogP contribution in [0.3, 0.4) is 0 Å². The Labute approximate surface area is 190 Å². The van der Waals surface area contributed by atoms with E-state index in [9.17, 15) is 10.2 Å². The molecule has 2 saturated carbocycles. The van der Waals surface area contributed by atoms with E-state index in [-0.39, 0.29) is 12.0 Å². The van der Waals surface area contributed by atoms with Crippen molar-refractivity contribution in [3.63, 3.8) is 0 Å². The first kappa shape index (κ1) is 21.6. The van der Waals surface area contributed by atoms with Crippen molar-refractivity contribution in [2.45, 2.75) is 61.6 Å². The molecule has 32 heavy (non-hydrogen) atoms. The molecule has 5 rings (SSSR count). The van der Waals surface area contributed by atoms with E-state index >= 15 is 0 Å². The van der Waals surface area contributed by atoms with Gasteiger partial charge in [0.05, 0.1) is 12.1 Å². The summed E-state index contributed by atoms with van der Waals surface area (Å²) in [4.78, 5) is 9.46. The number of thioether (sulfide) groups is 1. The summed E-state index contributed by atoms with van der Waals surface area (Å²) in [6.07, 6.45) is 0.734. The van der Waals surface area contributed by atoms with E-state index in [1.54, 1.807) is 16.4 Å². The van der Waals surface area contributed by atoms with Gasteiger partial charge in [-0.05, 0) is 31.4 Å². The van der Waals surface area contributed by atoms with Gasteiger partial charge in [-0.15, -0.1) is 5.10 Å². The first-order chi connectivity index (χ1) is 15.6. The molecule has 170 valence electrons. The number of nitrogens with one attached hydrogen (secondary N) is 1. The molecule has 2 fully saturated rings. The number of hydrogen-bond acceptors (Lipinski definition) is 9. The highest BCUT2D eigenvalue weighted by atomic mass is 32.2. The highest BCUT2D eigenvalue weighted by Gasteiger charge is 2.43. The van der Waals surface area contributed by atoms with Gasteiger partial charge in [0.2, 0.25) is 0 Å². The number of nitrogens with zero attached hydrogens (tertiary/aromatic N) is 5. The molecule has 9 nitrogen and oxygen atoms in total. The highest BCUT2D eigenvalue weighted by molar-refractivity contribution is 7.99. The summed E-state index contributed by atoms with van der Waals surface area (Å²) in [5.74, 6) is 1.84. The molecule has 6 atom stereocenters. The van der Waals surface area contributed by atoms with Gasteiger partial charge in [0.25, 0.3) is 0 Å².